The highest BCUT2D eigenvalue weighted by Crippen LogP contribution is 2.33. The molecule has 1 amide bonds. The van der Waals surface area contributed by atoms with Crippen LogP contribution in [0.15, 0.2) is 84.1 Å². The van der Waals surface area contributed by atoms with E-state index < -0.39 is 0 Å². The van der Waals surface area contributed by atoms with E-state index in [0.717, 1.165) is 45.5 Å². The van der Waals surface area contributed by atoms with Crippen molar-refractivity contribution in [3.8, 4) is 0 Å². The number of hydrogen-bond acceptors (Lipinski definition) is 4. The molecule has 4 aromatic rings. The molecular formula is C25H18Cl2N4O. The SMILES string of the molecule is O=CN1N=C(c2ccc(Nc3ccnc4cc(Cl)ccc34)cc2)CC1c1ccc(Cl)cc1. The summed E-state index contributed by atoms with van der Waals surface area (Å²) in [7, 11) is 0. The molecule has 1 N–H and O–H groups in total. The lowest BCUT2D eigenvalue weighted by atomic mass is 9.98. The Labute approximate surface area is 195 Å². The first-order valence-corrected chi connectivity index (χ1v) is 10.8. The molecule has 5 nitrogen and oxygen atoms in total. The number of benzene rings is 3. The molecule has 0 spiro atoms. The molecule has 1 atom stereocenters. The molecule has 1 aromatic heterocycles. The molecule has 1 unspecified atom stereocenters. The Morgan fingerprint density at radius 2 is 1.69 bits per heavy atom. The van der Waals surface area contributed by atoms with Crippen molar-refractivity contribution in [3.05, 3.63) is 100 Å². The van der Waals surface area contributed by atoms with Crippen LogP contribution in [0.25, 0.3) is 10.9 Å². The normalized spacial score (nSPS) is 15.6. The third kappa shape index (κ3) is 4.05. The molecular weight excluding hydrogens is 443 g/mol. The highest BCUT2D eigenvalue weighted by atomic mass is 35.5. The number of halogens is 2. The molecule has 0 saturated carbocycles. The second-order valence-corrected chi connectivity index (χ2v) is 8.40. The van der Waals surface area contributed by atoms with Gasteiger partial charge >= 0.3 is 0 Å². The minimum atomic E-state index is -0.132. The predicted molar refractivity (Wildman–Crippen MR) is 130 cm³/mol. The van der Waals surface area contributed by atoms with E-state index in [1.54, 1.807) is 6.20 Å². The lowest BCUT2D eigenvalue weighted by molar-refractivity contribution is -0.119. The lowest BCUT2D eigenvalue weighted by Crippen LogP contribution is -2.17. The number of amides is 1. The first-order valence-electron chi connectivity index (χ1n) is 10.1. The van der Waals surface area contributed by atoms with Crippen molar-refractivity contribution in [2.45, 2.75) is 12.5 Å². The Bertz CT molecular complexity index is 1320. The maximum Gasteiger partial charge on any atom is 0.230 e. The fourth-order valence-electron chi connectivity index (χ4n) is 3.89. The van der Waals surface area contributed by atoms with Crippen molar-refractivity contribution >= 4 is 57.6 Å². The minimum Gasteiger partial charge on any atom is -0.355 e. The van der Waals surface area contributed by atoms with Gasteiger partial charge in [0, 0.05) is 39.4 Å². The Hall–Kier alpha value is -3.41. The maximum absolute atomic E-state index is 11.6. The molecule has 1 aliphatic rings. The number of rotatable bonds is 5. The van der Waals surface area contributed by atoms with Crippen molar-refractivity contribution in [2.24, 2.45) is 5.10 Å². The first kappa shape index (κ1) is 20.5. The van der Waals surface area contributed by atoms with Crippen LogP contribution in [0.4, 0.5) is 11.4 Å². The van der Waals surface area contributed by atoms with Gasteiger partial charge in [0.05, 0.1) is 17.3 Å². The van der Waals surface area contributed by atoms with Crippen LogP contribution in [0.5, 0.6) is 0 Å². The number of nitrogens with one attached hydrogen (secondary N) is 1. The van der Waals surface area contributed by atoms with Gasteiger partial charge in [-0.25, -0.2) is 5.01 Å². The standard InChI is InChI=1S/C25H18Cl2N4O/c26-18-5-1-17(2-6-18)25-14-23(30-31(25)15-32)16-3-8-20(9-4-16)29-22-11-12-28-24-13-19(27)7-10-21(22)24/h1-13,15,25H,14H2,(H,28,29). The largest absolute Gasteiger partial charge is 0.355 e. The van der Waals surface area contributed by atoms with E-state index >= 15 is 0 Å². The van der Waals surface area contributed by atoms with E-state index in [1.807, 2.05) is 72.8 Å². The van der Waals surface area contributed by atoms with E-state index in [2.05, 4.69) is 15.4 Å². The van der Waals surface area contributed by atoms with E-state index in [-0.39, 0.29) is 6.04 Å². The molecule has 0 saturated heterocycles. The molecule has 5 rings (SSSR count). The van der Waals surface area contributed by atoms with Crippen LogP contribution in [0.3, 0.4) is 0 Å². The monoisotopic (exact) mass is 460 g/mol. The van der Waals surface area contributed by atoms with Crippen molar-refractivity contribution < 1.29 is 4.79 Å². The summed E-state index contributed by atoms with van der Waals surface area (Å²) < 4.78 is 0. The summed E-state index contributed by atoms with van der Waals surface area (Å²) in [5.74, 6) is 0. The second kappa shape index (κ2) is 8.61. The Balaban J connectivity index is 1.36. The van der Waals surface area contributed by atoms with Crippen LogP contribution in [0.1, 0.15) is 23.6 Å². The average molecular weight is 461 g/mol. The summed E-state index contributed by atoms with van der Waals surface area (Å²) in [5, 5.41) is 11.8. The summed E-state index contributed by atoms with van der Waals surface area (Å²) >= 11 is 12.1. The van der Waals surface area contributed by atoms with E-state index in [1.165, 1.54) is 5.01 Å². The highest BCUT2D eigenvalue weighted by Gasteiger charge is 2.28. The van der Waals surface area contributed by atoms with Crippen molar-refractivity contribution in [1.29, 1.82) is 0 Å². The van der Waals surface area contributed by atoms with Gasteiger partial charge in [0.2, 0.25) is 6.41 Å². The summed E-state index contributed by atoms with van der Waals surface area (Å²) in [6, 6.07) is 23.0. The second-order valence-electron chi connectivity index (χ2n) is 7.53. The number of fused-ring (bicyclic) bond motifs is 1. The third-order valence-corrected chi connectivity index (χ3v) is 5.99. The first-order chi connectivity index (χ1) is 15.6. The van der Waals surface area contributed by atoms with Crippen LogP contribution in [-0.2, 0) is 4.79 Å². The minimum absolute atomic E-state index is 0.132. The molecule has 158 valence electrons. The smallest absolute Gasteiger partial charge is 0.230 e. The van der Waals surface area contributed by atoms with Gasteiger partial charge in [-0.3, -0.25) is 9.78 Å². The van der Waals surface area contributed by atoms with Crippen LogP contribution >= 0.6 is 23.2 Å². The number of aromatic nitrogens is 1. The topological polar surface area (TPSA) is 57.6 Å². The number of anilines is 2. The van der Waals surface area contributed by atoms with Gasteiger partial charge < -0.3 is 5.32 Å². The zero-order valence-corrected chi connectivity index (χ0v) is 18.4. The van der Waals surface area contributed by atoms with Crippen LogP contribution in [0, 0.1) is 0 Å². The zero-order valence-electron chi connectivity index (χ0n) is 16.9. The van der Waals surface area contributed by atoms with Crippen molar-refractivity contribution in [3.63, 3.8) is 0 Å². The fourth-order valence-corrected chi connectivity index (χ4v) is 4.18. The number of carbonyl (C=O) groups is 1. The van der Waals surface area contributed by atoms with Gasteiger partial charge in [0.1, 0.15) is 0 Å². The number of pyridine rings is 1. The van der Waals surface area contributed by atoms with Crippen molar-refractivity contribution in [2.75, 3.05) is 5.32 Å². The Morgan fingerprint density at radius 3 is 2.44 bits per heavy atom. The lowest BCUT2D eigenvalue weighted by Gasteiger charge is -2.17. The molecule has 2 heterocycles. The van der Waals surface area contributed by atoms with Crippen LogP contribution in [-0.4, -0.2) is 22.1 Å². The van der Waals surface area contributed by atoms with Gasteiger partial charge in [0.25, 0.3) is 0 Å². The fraction of sp³-hybridized carbons (Fsp3) is 0.0800. The van der Waals surface area contributed by atoms with E-state index in [4.69, 9.17) is 23.2 Å². The van der Waals surface area contributed by atoms with Gasteiger partial charge in [-0.15, -0.1) is 0 Å². The average Bonchev–Trinajstić information content (AvgIpc) is 3.24. The van der Waals surface area contributed by atoms with Gasteiger partial charge in [-0.05, 0) is 59.7 Å². The molecule has 3 aromatic carbocycles. The number of hydrogen-bond donors (Lipinski definition) is 1. The Morgan fingerprint density at radius 1 is 0.938 bits per heavy atom. The summed E-state index contributed by atoms with van der Waals surface area (Å²) in [6.45, 7) is 0. The predicted octanol–water partition coefficient (Wildman–Crippen LogP) is 6.59. The maximum atomic E-state index is 11.6. The Kier molecular flexibility index (Phi) is 5.52. The number of carbonyl (C=O) groups excluding carboxylic acids is 1. The van der Waals surface area contributed by atoms with Gasteiger partial charge in [-0.2, -0.15) is 5.10 Å². The molecule has 0 fully saturated rings. The highest BCUT2D eigenvalue weighted by molar-refractivity contribution is 6.31. The number of hydrazone groups is 1. The molecule has 0 radical (unpaired) electrons. The molecule has 1 aliphatic heterocycles. The van der Waals surface area contributed by atoms with Crippen LogP contribution < -0.4 is 5.32 Å². The van der Waals surface area contributed by atoms with E-state index in [9.17, 15) is 4.79 Å². The van der Waals surface area contributed by atoms with Crippen LogP contribution in [0.2, 0.25) is 10.0 Å². The van der Waals surface area contributed by atoms with Gasteiger partial charge in [-0.1, -0.05) is 47.5 Å². The molecule has 0 bridgehead atoms. The third-order valence-electron chi connectivity index (χ3n) is 5.51. The van der Waals surface area contributed by atoms with Gasteiger partial charge in [0.15, 0.2) is 0 Å². The molecule has 0 aliphatic carbocycles. The summed E-state index contributed by atoms with van der Waals surface area (Å²) in [6.07, 6.45) is 3.17. The van der Waals surface area contributed by atoms with E-state index in [0.29, 0.717) is 16.5 Å². The molecule has 32 heavy (non-hydrogen) atoms. The van der Waals surface area contributed by atoms with Crippen molar-refractivity contribution in [1.82, 2.24) is 9.99 Å². The summed E-state index contributed by atoms with van der Waals surface area (Å²) in [5.41, 5.74) is 5.58. The zero-order chi connectivity index (χ0) is 22.1. The molecule has 7 heteroatoms. The number of nitrogens with zero attached hydrogens (tertiary/aromatic N) is 3. The summed E-state index contributed by atoms with van der Waals surface area (Å²) in [4.78, 5) is 16.0. The quantitative estimate of drug-likeness (QED) is 0.341.